The van der Waals surface area contributed by atoms with Gasteiger partial charge in [0, 0.05) is 10.2 Å². The molecule has 1 rings (SSSR count). The number of benzene rings is 1. The molecule has 0 heterocycles. The Labute approximate surface area is 82.1 Å². The van der Waals surface area contributed by atoms with Gasteiger partial charge in [0.25, 0.3) is 0 Å². The van der Waals surface area contributed by atoms with Crippen molar-refractivity contribution in [3.63, 3.8) is 0 Å². The Bertz CT molecular complexity index is 258. The molecule has 2 heteroatoms. The largest absolute Gasteiger partial charge is 0.399 e. The van der Waals surface area contributed by atoms with Gasteiger partial charge in [-0.15, -0.1) is 0 Å². The SMILES string of the molecule is CCCCc1ccc(N)cc1Br. The molecule has 0 spiro atoms. The lowest BCUT2D eigenvalue weighted by Crippen LogP contribution is -1.89. The highest BCUT2D eigenvalue weighted by molar-refractivity contribution is 9.10. The van der Waals surface area contributed by atoms with Crippen LogP contribution in [0.1, 0.15) is 25.3 Å². The van der Waals surface area contributed by atoms with Crippen molar-refractivity contribution in [3.05, 3.63) is 28.2 Å². The molecule has 0 aromatic heterocycles. The van der Waals surface area contributed by atoms with E-state index in [1.807, 2.05) is 12.1 Å². The second-order valence-corrected chi connectivity index (χ2v) is 3.81. The van der Waals surface area contributed by atoms with E-state index in [4.69, 9.17) is 5.73 Å². The number of hydrogen-bond acceptors (Lipinski definition) is 1. The van der Waals surface area contributed by atoms with Gasteiger partial charge in [0.2, 0.25) is 0 Å². The van der Waals surface area contributed by atoms with E-state index in [9.17, 15) is 0 Å². The van der Waals surface area contributed by atoms with Gasteiger partial charge in [-0.2, -0.15) is 0 Å². The predicted molar refractivity (Wildman–Crippen MR) is 57.2 cm³/mol. The van der Waals surface area contributed by atoms with E-state index in [2.05, 4.69) is 28.9 Å². The zero-order valence-corrected chi connectivity index (χ0v) is 8.89. The highest BCUT2D eigenvalue weighted by Gasteiger charge is 1.98. The van der Waals surface area contributed by atoms with Crippen LogP contribution in [-0.4, -0.2) is 0 Å². The summed E-state index contributed by atoms with van der Waals surface area (Å²) in [7, 11) is 0. The number of anilines is 1. The fraction of sp³-hybridized carbons (Fsp3) is 0.400. The molecule has 1 aromatic carbocycles. The Kier molecular flexibility index (Phi) is 3.60. The maximum atomic E-state index is 5.63. The molecular weight excluding hydrogens is 214 g/mol. The van der Waals surface area contributed by atoms with Gasteiger partial charge in [0.15, 0.2) is 0 Å². The molecule has 66 valence electrons. The standard InChI is InChI=1S/C10H14BrN/c1-2-3-4-8-5-6-9(12)7-10(8)11/h5-7H,2-4,12H2,1H3. The molecule has 0 radical (unpaired) electrons. The summed E-state index contributed by atoms with van der Waals surface area (Å²) < 4.78 is 1.14. The van der Waals surface area contributed by atoms with Crippen molar-refractivity contribution in [1.29, 1.82) is 0 Å². The lowest BCUT2D eigenvalue weighted by Gasteiger charge is -2.03. The quantitative estimate of drug-likeness (QED) is 0.788. The molecule has 0 fully saturated rings. The summed E-state index contributed by atoms with van der Waals surface area (Å²) >= 11 is 3.50. The van der Waals surface area contributed by atoms with Crippen molar-refractivity contribution in [2.24, 2.45) is 0 Å². The maximum absolute atomic E-state index is 5.63. The van der Waals surface area contributed by atoms with Crippen LogP contribution in [0.5, 0.6) is 0 Å². The number of rotatable bonds is 3. The van der Waals surface area contributed by atoms with Crippen LogP contribution in [0.3, 0.4) is 0 Å². The molecule has 0 saturated carbocycles. The first-order chi connectivity index (χ1) is 5.74. The van der Waals surface area contributed by atoms with E-state index in [0.717, 1.165) is 16.6 Å². The van der Waals surface area contributed by atoms with Crippen molar-refractivity contribution in [2.45, 2.75) is 26.2 Å². The molecule has 0 unspecified atom stereocenters. The Morgan fingerprint density at radius 3 is 2.75 bits per heavy atom. The highest BCUT2D eigenvalue weighted by atomic mass is 79.9. The molecule has 12 heavy (non-hydrogen) atoms. The molecule has 1 aromatic rings. The van der Waals surface area contributed by atoms with Crippen molar-refractivity contribution in [1.82, 2.24) is 0 Å². The molecule has 0 saturated heterocycles. The first-order valence-electron chi connectivity index (χ1n) is 4.28. The van der Waals surface area contributed by atoms with Crippen LogP contribution in [0.2, 0.25) is 0 Å². The zero-order chi connectivity index (χ0) is 8.97. The van der Waals surface area contributed by atoms with E-state index < -0.39 is 0 Å². The topological polar surface area (TPSA) is 26.0 Å². The van der Waals surface area contributed by atoms with Gasteiger partial charge < -0.3 is 5.73 Å². The number of halogens is 1. The molecule has 0 aliphatic carbocycles. The first kappa shape index (κ1) is 9.59. The fourth-order valence-corrected chi connectivity index (χ4v) is 1.73. The molecule has 0 atom stereocenters. The van der Waals surface area contributed by atoms with Crippen molar-refractivity contribution in [2.75, 3.05) is 5.73 Å². The van der Waals surface area contributed by atoms with E-state index in [1.54, 1.807) is 0 Å². The van der Waals surface area contributed by atoms with Crippen molar-refractivity contribution < 1.29 is 0 Å². The average Bonchev–Trinajstić information content (AvgIpc) is 2.03. The summed E-state index contributed by atoms with van der Waals surface area (Å²) in [5.41, 5.74) is 7.80. The molecular formula is C10H14BrN. The van der Waals surface area contributed by atoms with Crippen LogP contribution in [0, 0.1) is 0 Å². The number of hydrogen-bond donors (Lipinski definition) is 1. The molecule has 0 bridgehead atoms. The molecule has 0 aliphatic heterocycles. The molecule has 0 amide bonds. The third-order valence-corrected chi connectivity index (χ3v) is 2.61. The van der Waals surface area contributed by atoms with Gasteiger partial charge in [0.1, 0.15) is 0 Å². The monoisotopic (exact) mass is 227 g/mol. The second-order valence-electron chi connectivity index (χ2n) is 2.95. The Balaban J connectivity index is 2.72. The van der Waals surface area contributed by atoms with Gasteiger partial charge in [-0.1, -0.05) is 35.3 Å². The lowest BCUT2D eigenvalue weighted by atomic mass is 10.1. The molecule has 1 nitrogen and oxygen atoms in total. The Morgan fingerprint density at radius 1 is 1.42 bits per heavy atom. The first-order valence-corrected chi connectivity index (χ1v) is 5.07. The summed E-state index contributed by atoms with van der Waals surface area (Å²) in [5.74, 6) is 0. The van der Waals surface area contributed by atoms with Crippen LogP contribution >= 0.6 is 15.9 Å². The summed E-state index contributed by atoms with van der Waals surface area (Å²) in [6, 6.07) is 6.01. The van der Waals surface area contributed by atoms with Gasteiger partial charge in [-0.3, -0.25) is 0 Å². The molecule has 0 aliphatic rings. The second kappa shape index (κ2) is 4.51. The Hall–Kier alpha value is -0.500. The van der Waals surface area contributed by atoms with Crippen molar-refractivity contribution >= 4 is 21.6 Å². The van der Waals surface area contributed by atoms with Crippen LogP contribution < -0.4 is 5.73 Å². The number of aryl methyl sites for hydroxylation is 1. The number of nitrogens with two attached hydrogens (primary N) is 1. The minimum atomic E-state index is 0.821. The number of unbranched alkanes of at least 4 members (excludes halogenated alkanes) is 1. The maximum Gasteiger partial charge on any atom is 0.0325 e. The summed E-state index contributed by atoms with van der Waals surface area (Å²) in [6.07, 6.45) is 3.61. The summed E-state index contributed by atoms with van der Waals surface area (Å²) in [4.78, 5) is 0. The predicted octanol–water partition coefficient (Wildman–Crippen LogP) is 3.37. The molecule has 2 N–H and O–H groups in total. The number of nitrogen functional groups attached to an aromatic ring is 1. The summed E-state index contributed by atoms with van der Waals surface area (Å²) in [6.45, 7) is 2.20. The van der Waals surface area contributed by atoms with Gasteiger partial charge in [-0.25, -0.2) is 0 Å². The lowest BCUT2D eigenvalue weighted by molar-refractivity contribution is 0.793. The minimum absolute atomic E-state index is 0.821. The van der Waals surface area contributed by atoms with E-state index in [1.165, 1.54) is 18.4 Å². The normalized spacial score (nSPS) is 10.2. The Morgan fingerprint density at radius 2 is 2.17 bits per heavy atom. The third kappa shape index (κ3) is 2.52. The van der Waals surface area contributed by atoms with Crippen LogP contribution in [0.4, 0.5) is 5.69 Å². The highest BCUT2D eigenvalue weighted by Crippen LogP contribution is 2.21. The van der Waals surface area contributed by atoms with Crippen LogP contribution in [-0.2, 0) is 6.42 Å². The average molecular weight is 228 g/mol. The van der Waals surface area contributed by atoms with Crippen molar-refractivity contribution in [3.8, 4) is 0 Å². The minimum Gasteiger partial charge on any atom is -0.399 e. The van der Waals surface area contributed by atoms with Gasteiger partial charge >= 0.3 is 0 Å². The summed E-state index contributed by atoms with van der Waals surface area (Å²) in [5, 5.41) is 0. The van der Waals surface area contributed by atoms with Crippen LogP contribution in [0.15, 0.2) is 22.7 Å². The third-order valence-electron chi connectivity index (χ3n) is 1.88. The zero-order valence-electron chi connectivity index (χ0n) is 7.31. The van der Waals surface area contributed by atoms with Gasteiger partial charge in [0.05, 0.1) is 0 Å². The van der Waals surface area contributed by atoms with Crippen LogP contribution in [0.25, 0.3) is 0 Å². The van der Waals surface area contributed by atoms with E-state index >= 15 is 0 Å². The van der Waals surface area contributed by atoms with E-state index in [0.29, 0.717) is 0 Å². The van der Waals surface area contributed by atoms with Gasteiger partial charge in [-0.05, 0) is 30.5 Å². The fourth-order valence-electron chi connectivity index (χ4n) is 1.13. The van der Waals surface area contributed by atoms with E-state index in [-0.39, 0.29) is 0 Å². The smallest absolute Gasteiger partial charge is 0.0325 e.